The van der Waals surface area contributed by atoms with E-state index in [4.69, 9.17) is 11.6 Å². The third-order valence-corrected chi connectivity index (χ3v) is 5.05. The van der Waals surface area contributed by atoms with Crippen molar-refractivity contribution in [2.24, 2.45) is 0 Å². The first-order valence-electron chi connectivity index (χ1n) is 5.20. The highest BCUT2D eigenvalue weighted by Gasteiger charge is 2.11. The van der Waals surface area contributed by atoms with Crippen LogP contribution in [0.1, 0.15) is 12.0 Å². The zero-order valence-electron chi connectivity index (χ0n) is 8.57. The van der Waals surface area contributed by atoms with Crippen LogP contribution in [-0.4, -0.2) is 10.7 Å². The van der Waals surface area contributed by atoms with E-state index < -0.39 is 0 Å². The van der Waals surface area contributed by atoms with Crippen molar-refractivity contribution in [1.82, 2.24) is 4.98 Å². The number of thiazole rings is 1. The van der Waals surface area contributed by atoms with Gasteiger partial charge < -0.3 is 0 Å². The second-order valence-corrected chi connectivity index (χ2v) is 6.13. The van der Waals surface area contributed by atoms with E-state index in [2.05, 4.69) is 23.2 Å². The van der Waals surface area contributed by atoms with Crippen LogP contribution in [0.2, 0.25) is 5.15 Å². The van der Waals surface area contributed by atoms with Crippen LogP contribution < -0.4 is 0 Å². The lowest BCUT2D eigenvalue weighted by atomic mass is 10.1. The Kier molecular flexibility index (Phi) is 2.92. The smallest absolute Gasteiger partial charge is 0.140 e. The molecule has 1 aromatic heterocycles. The molecule has 0 bridgehead atoms. The molecule has 0 atom stereocenters. The molecule has 0 unspecified atom stereocenters. The second kappa shape index (κ2) is 4.40. The number of aryl methyl sites for hydroxylation is 1. The number of hydrogen-bond donors (Lipinski definition) is 0. The fourth-order valence-corrected chi connectivity index (χ4v) is 3.84. The summed E-state index contributed by atoms with van der Waals surface area (Å²) in [5.41, 5.74) is 2.65. The van der Waals surface area contributed by atoms with Gasteiger partial charge in [-0.1, -0.05) is 17.7 Å². The summed E-state index contributed by atoms with van der Waals surface area (Å²) in [6, 6.07) is 6.62. The van der Waals surface area contributed by atoms with Crippen LogP contribution in [0, 0.1) is 0 Å². The van der Waals surface area contributed by atoms with Crippen LogP contribution in [0.5, 0.6) is 0 Å². The van der Waals surface area contributed by atoms with Crippen molar-refractivity contribution in [1.29, 1.82) is 0 Å². The Morgan fingerprint density at radius 2 is 2.25 bits per heavy atom. The molecule has 0 fully saturated rings. The Balaban J connectivity index is 2.02. The number of fused-ring (bicyclic) bond motifs is 1. The molecule has 2 heterocycles. The summed E-state index contributed by atoms with van der Waals surface area (Å²) in [5.74, 6) is 1.25. The molecule has 0 N–H and O–H groups in total. The molecular weight excluding hydrogens is 258 g/mol. The lowest BCUT2D eigenvalue weighted by Gasteiger charge is -2.15. The minimum atomic E-state index is 0.590. The summed E-state index contributed by atoms with van der Waals surface area (Å²) in [5, 5.41) is 3.49. The molecule has 1 aromatic carbocycles. The Morgan fingerprint density at radius 3 is 3.06 bits per heavy atom. The molecule has 1 aliphatic heterocycles. The van der Waals surface area contributed by atoms with Crippen LogP contribution in [-0.2, 0) is 6.42 Å². The molecule has 16 heavy (non-hydrogen) atoms. The van der Waals surface area contributed by atoms with E-state index >= 15 is 0 Å². The predicted molar refractivity (Wildman–Crippen MR) is 71.6 cm³/mol. The highest BCUT2D eigenvalue weighted by Crippen LogP contribution is 2.34. The molecule has 0 amide bonds. The first-order chi connectivity index (χ1) is 7.83. The normalized spacial score (nSPS) is 14.8. The molecule has 3 rings (SSSR count). The number of nitrogens with zero attached hydrogens (tertiary/aromatic N) is 1. The summed E-state index contributed by atoms with van der Waals surface area (Å²) < 4.78 is 0. The van der Waals surface area contributed by atoms with Gasteiger partial charge in [-0.15, -0.1) is 23.1 Å². The number of benzene rings is 1. The van der Waals surface area contributed by atoms with Crippen molar-refractivity contribution in [3.63, 3.8) is 0 Å². The van der Waals surface area contributed by atoms with Crippen molar-refractivity contribution in [2.45, 2.75) is 17.7 Å². The monoisotopic (exact) mass is 267 g/mol. The summed E-state index contributed by atoms with van der Waals surface area (Å²) in [4.78, 5) is 5.74. The molecule has 2 aromatic rings. The Hall–Kier alpha value is -0.510. The van der Waals surface area contributed by atoms with Gasteiger partial charge in [-0.2, -0.15) is 0 Å². The third-order valence-electron chi connectivity index (χ3n) is 2.63. The molecule has 0 aliphatic carbocycles. The number of thioether (sulfide) groups is 1. The van der Waals surface area contributed by atoms with Gasteiger partial charge in [-0.25, -0.2) is 4.98 Å². The molecule has 1 nitrogen and oxygen atoms in total. The number of hydrogen-bond acceptors (Lipinski definition) is 3. The fraction of sp³-hybridized carbons (Fsp3) is 0.250. The van der Waals surface area contributed by atoms with Crippen LogP contribution in [0.25, 0.3) is 10.6 Å². The summed E-state index contributed by atoms with van der Waals surface area (Å²) in [7, 11) is 0. The molecule has 82 valence electrons. The molecule has 0 radical (unpaired) electrons. The number of halogens is 1. The Morgan fingerprint density at radius 1 is 1.31 bits per heavy atom. The molecule has 0 saturated carbocycles. The van der Waals surface area contributed by atoms with E-state index in [1.54, 1.807) is 11.3 Å². The van der Waals surface area contributed by atoms with E-state index in [-0.39, 0.29) is 0 Å². The summed E-state index contributed by atoms with van der Waals surface area (Å²) >= 11 is 9.41. The van der Waals surface area contributed by atoms with Crippen LogP contribution in [0.3, 0.4) is 0 Å². The van der Waals surface area contributed by atoms with Crippen molar-refractivity contribution in [3.05, 3.63) is 34.3 Å². The Labute approximate surface area is 108 Å². The van der Waals surface area contributed by atoms with Crippen LogP contribution >= 0.6 is 34.7 Å². The van der Waals surface area contributed by atoms with Crippen molar-refractivity contribution < 1.29 is 0 Å². The van der Waals surface area contributed by atoms with Gasteiger partial charge in [0.15, 0.2) is 0 Å². The summed E-state index contributed by atoms with van der Waals surface area (Å²) in [6.07, 6.45) is 2.47. The quantitative estimate of drug-likeness (QED) is 0.754. The van der Waals surface area contributed by atoms with E-state index in [0.717, 1.165) is 5.01 Å². The highest BCUT2D eigenvalue weighted by molar-refractivity contribution is 7.99. The zero-order chi connectivity index (χ0) is 11.0. The van der Waals surface area contributed by atoms with Gasteiger partial charge in [-0.3, -0.25) is 0 Å². The van der Waals surface area contributed by atoms with Gasteiger partial charge in [-0.05, 0) is 36.3 Å². The number of aromatic nitrogens is 1. The molecule has 0 saturated heterocycles. The average molecular weight is 268 g/mol. The van der Waals surface area contributed by atoms with E-state index in [1.807, 2.05) is 17.1 Å². The Bertz CT molecular complexity index is 521. The van der Waals surface area contributed by atoms with E-state index in [0.29, 0.717) is 5.15 Å². The molecular formula is C12H10ClNS2. The fourth-order valence-electron chi connectivity index (χ4n) is 1.88. The second-order valence-electron chi connectivity index (χ2n) is 3.75. The van der Waals surface area contributed by atoms with Gasteiger partial charge in [0.05, 0.1) is 0 Å². The number of rotatable bonds is 1. The van der Waals surface area contributed by atoms with Gasteiger partial charge in [0, 0.05) is 15.8 Å². The van der Waals surface area contributed by atoms with E-state index in [9.17, 15) is 0 Å². The molecule has 0 spiro atoms. The highest BCUT2D eigenvalue weighted by atomic mass is 35.5. The topological polar surface area (TPSA) is 12.9 Å². The predicted octanol–water partition coefficient (Wildman–Crippen LogP) is 4.50. The van der Waals surface area contributed by atoms with Gasteiger partial charge in [0.1, 0.15) is 10.2 Å². The van der Waals surface area contributed by atoms with Gasteiger partial charge in [0.2, 0.25) is 0 Å². The summed E-state index contributed by atoms with van der Waals surface area (Å²) in [6.45, 7) is 0. The lowest BCUT2D eigenvalue weighted by molar-refractivity contribution is 0.890. The van der Waals surface area contributed by atoms with Gasteiger partial charge in [0.25, 0.3) is 0 Å². The van der Waals surface area contributed by atoms with Gasteiger partial charge >= 0.3 is 0 Å². The lowest BCUT2D eigenvalue weighted by Crippen LogP contribution is -1.98. The first kappa shape index (κ1) is 10.6. The minimum Gasteiger partial charge on any atom is -0.224 e. The van der Waals surface area contributed by atoms with Crippen molar-refractivity contribution >= 4 is 34.7 Å². The zero-order valence-corrected chi connectivity index (χ0v) is 11.0. The minimum absolute atomic E-state index is 0.590. The van der Waals surface area contributed by atoms with Crippen LogP contribution in [0.15, 0.2) is 28.5 Å². The third kappa shape index (κ3) is 1.99. The largest absolute Gasteiger partial charge is 0.224 e. The van der Waals surface area contributed by atoms with Crippen molar-refractivity contribution in [2.75, 3.05) is 5.75 Å². The van der Waals surface area contributed by atoms with E-state index in [1.165, 1.54) is 34.6 Å². The van der Waals surface area contributed by atoms with Crippen molar-refractivity contribution in [3.8, 4) is 10.6 Å². The van der Waals surface area contributed by atoms with Crippen LogP contribution in [0.4, 0.5) is 0 Å². The molecule has 1 aliphatic rings. The maximum atomic E-state index is 5.85. The first-order valence-corrected chi connectivity index (χ1v) is 7.44. The maximum Gasteiger partial charge on any atom is 0.140 e. The molecule has 4 heteroatoms. The SMILES string of the molecule is Clc1csc(-c2ccc3c(c2)CCCS3)n1. The maximum absolute atomic E-state index is 5.85. The average Bonchev–Trinajstić information content (AvgIpc) is 2.75. The standard InChI is InChI=1S/C12H10ClNS2/c13-11-7-16-12(14-11)9-3-4-10-8(6-9)2-1-5-15-10/h3-4,6-7H,1-2,5H2.